The molecule has 0 aliphatic carbocycles. The average Bonchev–Trinajstić information content (AvgIpc) is 2.25. The molecule has 6 heteroatoms. The average molecular weight is 241 g/mol. The summed E-state index contributed by atoms with van der Waals surface area (Å²) in [4.78, 5) is 0.777. The number of ether oxygens (including phenoxy) is 1. The fraction of sp³-hybridized carbons (Fsp3) is 0.455. The summed E-state index contributed by atoms with van der Waals surface area (Å²) in [5, 5.41) is 38.7. The van der Waals surface area contributed by atoms with Crippen molar-refractivity contribution in [2.24, 2.45) is 0 Å². The van der Waals surface area contributed by atoms with Crippen molar-refractivity contribution in [3.63, 3.8) is 0 Å². The number of hydrogen-bond acceptors (Lipinski definition) is 6. The number of rotatable bonds is 2. The second-order valence-corrected chi connectivity index (χ2v) is 4.11. The zero-order chi connectivity index (χ0) is 12.5. The van der Waals surface area contributed by atoms with Crippen LogP contribution < -0.4 is 0 Å². The van der Waals surface area contributed by atoms with Crippen LogP contribution in [0.4, 0.5) is 0 Å². The van der Waals surface area contributed by atoms with Gasteiger partial charge in [-0.1, -0.05) is 30.3 Å². The molecule has 0 aromatic heterocycles. The van der Waals surface area contributed by atoms with Gasteiger partial charge < -0.3 is 25.2 Å². The van der Waals surface area contributed by atoms with Gasteiger partial charge in [0, 0.05) is 6.54 Å². The third-order valence-electron chi connectivity index (χ3n) is 2.64. The SMILES string of the molecule is OC1(O)COCC(O)(O)N1Cc1ccccc1. The summed E-state index contributed by atoms with van der Waals surface area (Å²) < 4.78 is 4.73. The van der Waals surface area contributed by atoms with E-state index in [4.69, 9.17) is 4.74 Å². The fourth-order valence-corrected chi connectivity index (χ4v) is 1.79. The molecule has 0 amide bonds. The van der Waals surface area contributed by atoms with Crippen LogP contribution in [-0.2, 0) is 11.3 Å². The highest BCUT2D eigenvalue weighted by Gasteiger charge is 2.49. The number of aliphatic hydroxyl groups is 4. The second kappa shape index (κ2) is 4.34. The van der Waals surface area contributed by atoms with E-state index in [-0.39, 0.29) is 6.54 Å². The molecule has 17 heavy (non-hydrogen) atoms. The van der Waals surface area contributed by atoms with Crippen LogP contribution in [0.1, 0.15) is 5.56 Å². The van der Waals surface area contributed by atoms with Gasteiger partial charge >= 0.3 is 0 Å². The predicted octanol–water partition coefficient (Wildman–Crippen LogP) is -1.20. The molecule has 1 saturated heterocycles. The van der Waals surface area contributed by atoms with Gasteiger partial charge in [-0.3, -0.25) is 0 Å². The minimum absolute atomic E-state index is 0.00972. The van der Waals surface area contributed by atoms with E-state index >= 15 is 0 Å². The molecule has 1 aliphatic rings. The van der Waals surface area contributed by atoms with Crippen LogP contribution in [-0.4, -0.2) is 50.4 Å². The minimum Gasteiger partial charge on any atom is -0.367 e. The lowest BCUT2D eigenvalue weighted by Gasteiger charge is -2.46. The molecule has 4 N–H and O–H groups in total. The highest BCUT2D eigenvalue weighted by molar-refractivity contribution is 5.15. The highest BCUT2D eigenvalue weighted by atomic mass is 16.6. The van der Waals surface area contributed by atoms with Crippen molar-refractivity contribution in [2.45, 2.75) is 18.4 Å². The first-order valence-corrected chi connectivity index (χ1v) is 5.21. The van der Waals surface area contributed by atoms with Gasteiger partial charge in [0.25, 0.3) is 11.8 Å². The molecule has 0 atom stereocenters. The van der Waals surface area contributed by atoms with Crippen molar-refractivity contribution in [2.75, 3.05) is 13.2 Å². The quantitative estimate of drug-likeness (QED) is 0.486. The Hall–Kier alpha value is -1.02. The molecular weight excluding hydrogens is 226 g/mol. The van der Waals surface area contributed by atoms with Crippen molar-refractivity contribution < 1.29 is 25.2 Å². The summed E-state index contributed by atoms with van der Waals surface area (Å²) >= 11 is 0. The lowest BCUT2D eigenvalue weighted by molar-refractivity contribution is -0.437. The van der Waals surface area contributed by atoms with Crippen molar-refractivity contribution in [3.05, 3.63) is 35.9 Å². The smallest absolute Gasteiger partial charge is 0.254 e. The summed E-state index contributed by atoms with van der Waals surface area (Å²) in [5.74, 6) is -4.81. The van der Waals surface area contributed by atoms with Gasteiger partial charge in [0.2, 0.25) is 0 Å². The third kappa shape index (κ3) is 2.63. The summed E-state index contributed by atoms with van der Waals surface area (Å²) in [7, 11) is 0. The molecule has 94 valence electrons. The standard InChI is InChI=1S/C11H15NO5/c13-10(14)7-17-8-11(15,16)12(10)6-9-4-2-1-3-5-9/h1-5,13-16H,6-8H2. The molecule has 0 radical (unpaired) electrons. The van der Waals surface area contributed by atoms with Crippen LogP contribution in [0.5, 0.6) is 0 Å². The maximum absolute atomic E-state index is 9.67. The van der Waals surface area contributed by atoms with E-state index in [9.17, 15) is 20.4 Å². The molecule has 0 spiro atoms. The second-order valence-electron chi connectivity index (χ2n) is 4.11. The zero-order valence-electron chi connectivity index (χ0n) is 9.15. The molecular formula is C11H15NO5. The van der Waals surface area contributed by atoms with E-state index in [0.29, 0.717) is 0 Å². The summed E-state index contributed by atoms with van der Waals surface area (Å²) in [5.41, 5.74) is 0.731. The Morgan fingerprint density at radius 3 is 2.06 bits per heavy atom. The maximum atomic E-state index is 9.67. The normalized spacial score (nSPS) is 23.5. The summed E-state index contributed by atoms with van der Waals surface area (Å²) in [6.45, 7) is -0.810. The van der Waals surface area contributed by atoms with Crippen molar-refractivity contribution in [1.29, 1.82) is 0 Å². The Morgan fingerprint density at radius 1 is 1.00 bits per heavy atom. The largest absolute Gasteiger partial charge is 0.367 e. The van der Waals surface area contributed by atoms with E-state index in [2.05, 4.69) is 0 Å². The number of morpholine rings is 1. The van der Waals surface area contributed by atoms with Gasteiger partial charge in [-0.15, -0.1) is 0 Å². The molecule has 0 unspecified atom stereocenters. The first-order valence-electron chi connectivity index (χ1n) is 5.21. The Kier molecular flexibility index (Phi) is 3.17. The highest BCUT2D eigenvalue weighted by Crippen LogP contribution is 2.26. The van der Waals surface area contributed by atoms with E-state index in [1.165, 1.54) is 0 Å². The van der Waals surface area contributed by atoms with E-state index in [1.807, 2.05) is 6.07 Å². The molecule has 1 aromatic rings. The Bertz CT molecular complexity index is 363. The van der Waals surface area contributed by atoms with Crippen LogP contribution in [0.3, 0.4) is 0 Å². The lowest BCUT2D eigenvalue weighted by Crippen LogP contribution is -2.68. The van der Waals surface area contributed by atoms with E-state index < -0.39 is 25.0 Å². The maximum Gasteiger partial charge on any atom is 0.254 e. The van der Waals surface area contributed by atoms with Gasteiger partial charge in [0.05, 0.1) is 0 Å². The topological polar surface area (TPSA) is 93.4 Å². The van der Waals surface area contributed by atoms with Gasteiger partial charge in [-0.2, -0.15) is 4.90 Å². The lowest BCUT2D eigenvalue weighted by atomic mass is 10.1. The number of nitrogens with zero attached hydrogens (tertiary/aromatic N) is 1. The molecule has 1 aliphatic heterocycles. The number of benzene rings is 1. The van der Waals surface area contributed by atoms with Gasteiger partial charge in [-0.25, -0.2) is 0 Å². The first-order chi connectivity index (χ1) is 7.92. The molecule has 1 aromatic carbocycles. The minimum atomic E-state index is -2.41. The molecule has 1 heterocycles. The number of hydrogen-bond donors (Lipinski definition) is 4. The van der Waals surface area contributed by atoms with Crippen LogP contribution in [0.2, 0.25) is 0 Å². The van der Waals surface area contributed by atoms with Crippen LogP contribution >= 0.6 is 0 Å². The van der Waals surface area contributed by atoms with Gasteiger partial charge in [0.1, 0.15) is 13.2 Å². The molecule has 0 bridgehead atoms. The van der Waals surface area contributed by atoms with Crippen molar-refractivity contribution in [3.8, 4) is 0 Å². The van der Waals surface area contributed by atoms with Crippen molar-refractivity contribution >= 4 is 0 Å². The van der Waals surface area contributed by atoms with Gasteiger partial charge in [0.15, 0.2) is 0 Å². The summed E-state index contributed by atoms with van der Waals surface area (Å²) in [6, 6.07) is 8.88. The Labute approximate surface area is 98.3 Å². The predicted molar refractivity (Wildman–Crippen MR) is 57.1 cm³/mol. The summed E-state index contributed by atoms with van der Waals surface area (Å²) in [6.07, 6.45) is 0. The molecule has 6 nitrogen and oxygen atoms in total. The van der Waals surface area contributed by atoms with Crippen LogP contribution in [0, 0.1) is 0 Å². The van der Waals surface area contributed by atoms with Gasteiger partial charge in [-0.05, 0) is 5.56 Å². The monoisotopic (exact) mass is 241 g/mol. The third-order valence-corrected chi connectivity index (χ3v) is 2.64. The molecule has 0 saturated carbocycles. The fourth-order valence-electron chi connectivity index (χ4n) is 1.79. The molecule has 2 rings (SSSR count). The Morgan fingerprint density at radius 2 is 1.53 bits per heavy atom. The van der Waals surface area contributed by atoms with E-state index in [0.717, 1.165) is 10.5 Å². The molecule has 1 fully saturated rings. The van der Waals surface area contributed by atoms with E-state index in [1.54, 1.807) is 24.3 Å². The van der Waals surface area contributed by atoms with Crippen LogP contribution in [0.25, 0.3) is 0 Å². The van der Waals surface area contributed by atoms with Crippen molar-refractivity contribution in [1.82, 2.24) is 4.90 Å². The Balaban J connectivity index is 2.21. The van der Waals surface area contributed by atoms with Crippen LogP contribution in [0.15, 0.2) is 30.3 Å². The first kappa shape index (κ1) is 12.4. The zero-order valence-corrected chi connectivity index (χ0v) is 9.15.